The van der Waals surface area contributed by atoms with Gasteiger partial charge in [-0.15, -0.1) is 0 Å². The van der Waals surface area contributed by atoms with Crippen LogP contribution in [0.15, 0.2) is 0 Å². The van der Waals surface area contributed by atoms with Gasteiger partial charge in [0.1, 0.15) is 5.54 Å². The summed E-state index contributed by atoms with van der Waals surface area (Å²) in [6.45, 7) is 9.87. The van der Waals surface area contributed by atoms with E-state index in [-0.39, 0.29) is 18.0 Å². The Bertz CT molecular complexity index is 389. The molecule has 0 unspecified atom stereocenters. The number of urea groups is 1. The fourth-order valence-corrected chi connectivity index (χ4v) is 3.87. The van der Waals surface area contributed by atoms with Gasteiger partial charge in [-0.2, -0.15) is 0 Å². The maximum Gasteiger partial charge on any atom is 0.336 e. The highest BCUT2D eigenvalue weighted by Gasteiger charge is 2.58. The molecule has 5 nitrogen and oxygen atoms in total. The molecule has 0 aliphatic carbocycles. The highest BCUT2D eigenvalue weighted by Crippen LogP contribution is 2.40. The minimum Gasteiger partial charge on any atom is -0.301 e. The lowest BCUT2D eigenvalue weighted by molar-refractivity contribution is -0.135. The van der Waals surface area contributed by atoms with E-state index in [1.54, 1.807) is 3.11 Å². The standard InChI is InChI=1S/C13H22IN3O2/c1-9(2)15-7-5-13(6-8-15)11(18)16(10(3)4)12(19)17(13)14/h9-10H,5-8H2,1-4H3. The summed E-state index contributed by atoms with van der Waals surface area (Å²) in [5.74, 6) is -0.00898. The Balaban J connectivity index is 2.21. The number of amides is 3. The van der Waals surface area contributed by atoms with Crippen molar-refractivity contribution in [1.82, 2.24) is 12.9 Å². The molecule has 0 radical (unpaired) electrons. The normalized spacial score (nSPS) is 24.4. The van der Waals surface area contributed by atoms with Crippen molar-refractivity contribution in [2.75, 3.05) is 13.1 Å². The topological polar surface area (TPSA) is 43.9 Å². The summed E-state index contributed by atoms with van der Waals surface area (Å²) in [5, 5.41) is 0. The summed E-state index contributed by atoms with van der Waals surface area (Å²) in [6, 6.07) is 0.270. The summed E-state index contributed by atoms with van der Waals surface area (Å²) >= 11 is 2.02. The Morgan fingerprint density at radius 1 is 1.05 bits per heavy atom. The largest absolute Gasteiger partial charge is 0.336 e. The molecular weight excluding hydrogens is 357 g/mol. The summed E-state index contributed by atoms with van der Waals surface area (Å²) in [4.78, 5) is 28.7. The first-order valence-corrected chi connectivity index (χ1v) is 7.85. The molecule has 3 amide bonds. The molecule has 2 saturated heterocycles. The van der Waals surface area contributed by atoms with Crippen molar-refractivity contribution >= 4 is 34.8 Å². The number of likely N-dealkylation sites (tertiary alicyclic amines) is 1. The zero-order valence-corrected chi connectivity index (χ0v) is 14.2. The molecular formula is C13H22IN3O2. The van der Waals surface area contributed by atoms with Crippen molar-refractivity contribution in [2.24, 2.45) is 0 Å². The molecule has 0 bridgehead atoms. The second kappa shape index (κ2) is 5.20. The molecule has 108 valence electrons. The molecule has 2 rings (SSSR count). The van der Waals surface area contributed by atoms with Gasteiger partial charge in [0.2, 0.25) is 0 Å². The Labute approximate surface area is 128 Å². The number of halogens is 1. The van der Waals surface area contributed by atoms with Crippen LogP contribution in [0.3, 0.4) is 0 Å². The number of hydrogen-bond donors (Lipinski definition) is 0. The number of carbonyl (C=O) groups excluding carboxylic acids is 2. The van der Waals surface area contributed by atoms with Crippen LogP contribution in [0.2, 0.25) is 0 Å². The van der Waals surface area contributed by atoms with Crippen LogP contribution >= 0.6 is 22.9 Å². The van der Waals surface area contributed by atoms with Crippen molar-refractivity contribution in [3.8, 4) is 0 Å². The summed E-state index contributed by atoms with van der Waals surface area (Å²) in [5.41, 5.74) is -0.604. The van der Waals surface area contributed by atoms with E-state index in [9.17, 15) is 9.59 Å². The second-order valence-corrected chi connectivity index (χ2v) is 6.96. The molecule has 2 heterocycles. The minimum absolute atomic E-state index is 0.00898. The average molecular weight is 379 g/mol. The van der Waals surface area contributed by atoms with Crippen molar-refractivity contribution in [1.29, 1.82) is 0 Å². The molecule has 0 N–H and O–H groups in total. The SMILES string of the molecule is CC(C)N1CCC2(CC1)C(=O)N(C(C)C)C(=O)N2I. The molecule has 1 spiro atoms. The number of piperidine rings is 1. The van der Waals surface area contributed by atoms with E-state index >= 15 is 0 Å². The zero-order valence-electron chi connectivity index (χ0n) is 12.0. The lowest BCUT2D eigenvalue weighted by Crippen LogP contribution is -2.55. The highest BCUT2D eigenvalue weighted by atomic mass is 127. The van der Waals surface area contributed by atoms with Gasteiger partial charge in [-0.25, -0.2) is 4.79 Å². The van der Waals surface area contributed by atoms with E-state index in [0.717, 1.165) is 25.9 Å². The fraction of sp³-hybridized carbons (Fsp3) is 0.846. The molecule has 0 aromatic rings. The fourth-order valence-electron chi connectivity index (χ4n) is 2.95. The number of rotatable bonds is 2. The maximum atomic E-state index is 12.7. The Morgan fingerprint density at radius 3 is 1.95 bits per heavy atom. The highest BCUT2D eigenvalue weighted by molar-refractivity contribution is 14.1. The van der Waals surface area contributed by atoms with E-state index < -0.39 is 5.54 Å². The van der Waals surface area contributed by atoms with Crippen molar-refractivity contribution in [2.45, 2.75) is 58.2 Å². The van der Waals surface area contributed by atoms with Gasteiger partial charge < -0.3 is 4.90 Å². The van der Waals surface area contributed by atoms with E-state index in [1.165, 1.54) is 4.90 Å². The first-order chi connectivity index (χ1) is 8.81. The summed E-state index contributed by atoms with van der Waals surface area (Å²) in [6.07, 6.45) is 1.48. The summed E-state index contributed by atoms with van der Waals surface area (Å²) < 4.78 is 1.64. The molecule has 0 saturated carbocycles. The van der Waals surface area contributed by atoms with Crippen LogP contribution in [0.1, 0.15) is 40.5 Å². The van der Waals surface area contributed by atoms with Crippen LogP contribution in [-0.4, -0.2) is 55.6 Å². The van der Waals surface area contributed by atoms with Gasteiger partial charge in [-0.3, -0.25) is 12.8 Å². The van der Waals surface area contributed by atoms with Crippen LogP contribution in [0.5, 0.6) is 0 Å². The third-order valence-corrected chi connectivity index (χ3v) is 5.57. The van der Waals surface area contributed by atoms with Crippen LogP contribution in [0.4, 0.5) is 4.79 Å². The van der Waals surface area contributed by atoms with Crippen LogP contribution in [-0.2, 0) is 4.79 Å². The summed E-state index contributed by atoms with van der Waals surface area (Å²) in [7, 11) is 0. The predicted molar refractivity (Wildman–Crippen MR) is 81.9 cm³/mol. The molecule has 0 aromatic heterocycles. The average Bonchev–Trinajstić information content (AvgIpc) is 2.53. The monoisotopic (exact) mass is 379 g/mol. The Hall–Kier alpha value is -0.370. The van der Waals surface area contributed by atoms with E-state index in [1.807, 2.05) is 36.7 Å². The number of nitrogens with zero attached hydrogens (tertiary/aromatic N) is 3. The third-order valence-electron chi connectivity index (χ3n) is 4.24. The molecule has 0 aromatic carbocycles. The van der Waals surface area contributed by atoms with Crippen LogP contribution < -0.4 is 0 Å². The van der Waals surface area contributed by atoms with Crippen LogP contribution in [0.25, 0.3) is 0 Å². The molecule has 0 atom stereocenters. The molecule has 6 heteroatoms. The third kappa shape index (κ3) is 2.26. The quantitative estimate of drug-likeness (QED) is 0.420. The predicted octanol–water partition coefficient (Wildman–Crippen LogP) is 2.25. The van der Waals surface area contributed by atoms with Crippen LogP contribution in [0, 0.1) is 0 Å². The first-order valence-electron chi connectivity index (χ1n) is 6.89. The van der Waals surface area contributed by atoms with Gasteiger partial charge in [-0.05, 0) is 40.5 Å². The Kier molecular flexibility index (Phi) is 4.11. The smallest absolute Gasteiger partial charge is 0.301 e. The number of hydrogen-bond acceptors (Lipinski definition) is 3. The number of imide groups is 1. The molecule has 2 aliphatic heterocycles. The molecule has 2 aliphatic rings. The molecule has 2 fully saturated rings. The zero-order chi connectivity index (χ0) is 14.4. The Morgan fingerprint density at radius 2 is 1.58 bits per heavy atom. The number of carbonyl (C=O) groups is 2. The lowest BCUT2D eigenvalue weighted by atomic mass is 9.87. The van der Waals surface area contributed by atoms with Gasteiger partial charge >= 0.3 is 6.03 Å². The van der Waals surface area contributed by atoms with Crippen molar-refractivity contribution in [3.63, 3.8) is 0 Å². The van der Waals surface area contributed by atoms with Gasteiger partial charge in [0.15, 0.2) is 0 Å². The van der Waals surface area contributed by atoms with E-state index in [4.69, 9.17) is 0 Å². The van der Waals surface area contributed by atoms with Gasteiger partial charge in [-0.1, -0.05) is 0 Å². The van der Waals surface area contributed by atoms with Crippen molar-refractivity contribution < 1.29 is 9.59 Å². The minimum atomic E-state index is -0.604. The lowest BCUT2D eigenvalue weighted by Gasteiger charge is -2.41. The van der Waals surface area contributed by atoms with Crippen molar-refractivity contribution in [3.05, 3.63) is 0 Å². The maximum absolute atomic E-state index is 12.7. The molecule has 19 heavy (non-hydrogen) atoms. The first kappa shape index (κ1) is 15.0. The van der Waals surface area contributed by atoms with E-state index in [0.29, 0.717) is 6.04 Å². The second-order valence-electron chi connectivity index (χ2n) is 5.99. The van der Waals surface area contributed by atoms with Gasteiger partial charge in [0.25, 0.3) is 5.91 Å². The van der Waals surface area contributed by atoms with Gasteiger partial charge in [0, 0.05) is 25.2 Å². The van der Waals surface area contributed by atoms with E-state index in [2.05, 4.69) is 18.7 Å². The van der Waals surface area contributed by atoms with Gasteiger partial charge in [0.05, 0.1) is 22.9 Å².